The van der Waals surface area contributed by atoms with Crippen LogP contribution in [0.25, 0.3) is 44.8 Å². The van der Waals surface area contributed by atoms with E-state index in [1.165, 1.54) is 64.1 Å². The molecule has 2 aliphatic rings. The lowest BCUT2D eigenvalue weighted by Crippen LogP contribution is -2.36. The number of nitrogens with zero attached hydrogens (tertiary/aromatic N) is 2. The molecule has 2 nitrogen and oxygen atoms in total. The van der Waals surface area contributed by atoms with Crippen LogP contribution in [0.2, 0.25) is 0 Å². The molecule has 240 valence electrons. The van der Waals surface area contributed by atoms with Crippen molar-refractivity contribution in [2.45, 2.75) is 25.0 Å². The Morgan fingerprint density at radius 3 is 1.04 bits per heavy atom. The minimum Gasteiger partial charge on any atom is -0.256 e. The molecule has 0 unspecified atom stereocenters. The van der Waals surface area contributed by atoms with E-state index in [-0.39, 0.29) is 0 Å². The summed E-state index contributed by atoms with van der Waals surface area (Å²) in [5.41, 5.74) is 13.8. The van der Waals surface area contributed by atoms with Gasteiger partial charge in [0.15, 0.2) is 0 Å². The van der Waals surface area contributed by atoms with Crippen molar-refractivity contribution < 1.29 is 0 Å². The maximum absolute atomic E-state index is 4.73. The molecule has 0 fully saturated rings. The second-order valence-corrected chi connectivity index (χ2v) is 15.1. The van der Waals surface area contributed by atoms with Gasteiger partial charge >= 0.3 is 0 Å². The SMILES string of the molecule is c1ccc(-c2ccc3c(c2)Sc2cc(-c4ccccn4)ccc2C32c3ccc(-c4ccccc4)cc3Sc3cc(-c4ccccn4)ccc32)cc1. The van der Waals surface area contributed by atoms with Crippen molar-refractivity contribution >= 4 is 23.5 Å². The molecule has 6 aromatic carbocycles. The molecule has 4 heteroatoms. The Morgan fingerprint density at radius 1 is 0.314 bits per heavy atom. The van der Waals surface area contributed by atoms with E-state index in [4.69, 9.17) is 9.97 Å². The minimum atomic E-state index is -0.540. The Bertz CT molecular complexity index is 2210. The van der Waals surface area contributed by atoms with E-state index in [2.05, 4.69) is 158 Å². The normalized spacial score (nSPS) is 13.5. The number of hydrogen-bond acceptors (Lipinski definition) is 4. The van der Waals surface area contributed by atoms with Crippen LogP contribution in [0.1, 0.15) is 22.3 Å². The smallest absolute Gasteiger partial charge is 0.0745 e. The van der Waals surface area contributed by atoms with Crippen LogP contribution in [0.15, 0.2) is 202 Å². The Hall–Kier alpha value is -5.68. The molecule has 0 saturated carbocycles. The van der Waals surface area contributed by atoms with E-state index in [9.17, 15) is 0 Å². The molecule has 0 atom stereocenters. The number of aromatic nitrogens is 2. The lowest BCUT2D eigenvalue weighted by molar-refractivity contribution is 0.668. The van der Waals surface area contributed by atoms with Gasteiger partial charge in [0, 0.05) is 43.1 Å². The van der Waals surface area contributed by atoms with Crippen molar-refractivity contribution in [1.82, 2.24) is 9.97 Å². The summed E-state index contributed by atoms with van der Waals surface area (Å²) in [6.07, 6.45) is 3.75. The van der Waals surface area contributed by atoms with Gasteiger partial charge in [-0.05, 0) is 93.0 Å². The highest BCUT2D eigenvalue weighted by molar-refractivity contribution is 8.00. The molecule has 10 rings (SSSR count). The topological polar surface area (TPSA) is 25.8 Å². The molecule has 51 heavy (non-hydrogen) atoms. The highest BCUT2D eigenvalue weighted by Crippen LogP contribution is 2.62. The largest absolute Gasteiger partial charge is 0.256 e. The van der Waals surface area contributed by atoms with Crippen molar-refractivity contribution in [3.05, 3.63) is 205 Å². The second kappa shape index (κ2) is 12.3. The second-order valence-electron chi connectivity index (χ2n) is 13.0. The number of fused-ring (bicyclic) bond motifs is 8. The van der Waals surface area contributed by atoms with Crippen molar-refractivity contribution in [3.8, 4) is 44.8 Å². The van der Waals surface area contributed by atoms with Gasteiger partial charge in [-0.25, -0.2) is 0 Å². The van der Waals surface area contributed by atoms with Gasteiger partial charge in [0.25, 0.3) is 0 Å². The van der Waals surface area contributed by atoms with Gasteiger partial charge in [-0.3, -0.25) is 9.97 Å². The lowest BCUT2D eigenvalue weighted by Gasteiger charge is -2.46. The summed E-state index contributed by atoms with van der Waals surface area (Å²) in [4.78, 5) is 14.5. The zero-order valence-electron chi connectivity index (χ0n) is 27.5. The van der Waals surface area contributed by atoms with Crippen LogP contribution in [0.3, 0.4) is 0 Å². The van der Waals surface area contributed by atoms with E-state index in [0.717, 1.165) is 22.5 Å². The van der Waals surface area contributed by atoms with E-state index in [1.54, 1.807) is 0 Å². The average molecular weight is 687 g/mol. The standard InChI is InChI=1S/C47H30N2S2/c1-3-11-31(12-4-1)33-17-21-37-43(27-33)50-45-29-35(41-15-7-9-25-48-41)19-23-39(45)47(37)38-22-18-34(32-13-5-2-6-14-32)28-44(38)51-46-30-36(20-24-40(46)47)42-16-8-10-26-49-42/h1-30H. The third kappa shape index (κ3) is 4.97. The third-order valence-corrected chi connectivity index (χ3v) is 12.3. The Balaban J connectivity index is 1.28. The summed E-state index contributed by atoms with van der Waals surface area (Å²) in [5.74, 6) is 0. The van der Waals surface area contributed by atoms with E-state index >= 15 is 0 Å². The van der Waals surface area contributed by atoms with Crippen LogP contribution in [0, 0.1) is 0 Å². The first-order valence-electron chi connectivity index (χ1n) is 17.1. The Kier molecular flexibility index (Phi) is 7.26. The molecule has 4 heterocycles. The first-order valence-corrected chi connectivity index (χ1v) is 18.8. The van der Waals surface area contributed by atoms with Gasteiger partial charge in [-0.2, -0.15) is 0 Å². The van der Waals surface area contributed by atoms with Crippen molar-refractivity contribution in [2.75, 3.05) is 0 Å². The molecule has 0 bridgehead atoms. The Morgan fingerprint density at radius 2 is 0.667 bits per heavy atom. The maximum atomic E-state index is 4.73. The predicted molar refractivity (Wildman–Crippen MR) is 210 cm³/mol. The Labute approximate surface area is 306 Å². The molecule has 0 aliphatic carbocycles. The zero-order valence-corrected chi connectivity index (χ0v) is 29.2. The quantitative estimate of drug-likeness (QED) is 0.184. The number of hydrogen-bond donors (Lipinski definition) is 0. The van der Waals surface area contributed by atoms with Gasteiger partial charge in [0.1, 0.15) is 0 Å². The van der Waals surface area contributed by atoms with Crippen molar-refractivity contribution in [3.63, 3.8) is 0 Å². The summed E-state index contributed by atoms with van der Waals surface area (Å²) in [7, 11) is 0. The van der Waals surface area contributed by atoms with Crippen LogP contribution in [0.4, 0.5) is 0 Å². The van der Waals surface area contributed by atoms with Crippen LogP contribution < -0.4 is 0 Å². The monoisotopic (exact) mass is 686 g/mol. The summed E-state index contributed by atoms with van der Waals surface area (Å²) in [6.45, 7) is 0. The van der Waals surface area contributed by atoms with Gasteiger partial charge in [0.05, 0.1) is 16.8 Å². The summed E-state index contributed by atoms with van der Waals surface area (Å²) >= 11 is 3.75. The van der Waals surface area contributed by atoms with Gasteiger partial charge < -0.3 is 0 Å². The van der Waals surface area contributed by atoms with Gasteiger partial charge in [0.2, 0.25) is 0 Å². The third-order valence-electron chi connectivity index (χ3n) is 10.1. The minimum absolute atomic E-state index is 0.540. The molecule has 2 aliphatic heterocycles. The fourth-order valence-corrected chi connectivity index (χ4v) is 10.3. The first kappa shape index (κ1) is 30.2. The molecular formula is C47H30N2S2. The van der Waals surface area contributed by atoms with Gasteiger partial charge in [-0.1, -0.05) is 145 Å². The molecule has 2 aromatic heterocycles. The van der Waals surface area contributed by atoms with E-state index in [1.807, 2.05) is 48.1 Å². The van der Waals surface area contributed by atoms with E-state index < -0.39 is 5.41 Å². The van der Waals surface area contributed by atoms with Crippen LogP contribution in [-0.4, -0.2) is 9.97 Å². The van der Waals surface area contributed by atoms with Crippen molar-refractivity contribution in [2.24, 2.45) is 0 Å². The molecule has 1 spiro atoms. The fraction of sp³-hybridized carbons (Fsp3) is 0.0213. The molecule has 0 radical (unpaired) electrons. The predicted octanol–water partition coefficient (Wildman–Crippen LogP) is 12.5. The molecule has 0 amide bonds. The molecule has 0 saturated heterocycles. The number of benzene rings is 6. The molecular weight excluding hydrogens is 657 g/mol. The zero-order chi connectivity index (χ0) is 33.8. The first-order chi connectivity index (χ1) is 25.3. The summed E-state index contributed by atoms with van der Waals surface area (Å²) < 4.78 is 0. The van der Waals surface area contributed by atoms with E-state index in [0.29, 0.717) is 0 Å². The van der Waals surface area contributed by atoms with Crippen LogP contribution in [-0.2, 0) is 5.41 Å². The van der Waals surface area contributed by atoms with Gasteiger partial charge in [-0.15, -0.1) is 0 Å². The molecule has 8 aromatic rings. The van der Waals surface area contributed by atoms with Crippen molar-refractivity contribution in [1.29, 1.82) is 0 Å². The lowest BCUT2D eigenvalue weighted by atomic mass is 9.64. The maximum Gasteiger partial charge on any atom is 0.0745 e. The number of rotatable bonds is 4. The van der Waals surface area contributed by atoms with Crippen LogP contribution in [0.5, 0.6) is 0 Å². The summed E-state index contributed by atoms with van der Waals surface area (Å²) in [5, 5.41) is 0. The highest BCUT2D eigenvalue weighted by Gasteiger charge is 2.49. The average Bonchev–Trinajstić information content (AvgIpc) is 3.21. The fourth-order valence-electron chi connectivity index (χ4n) is 7.78. The summed E-state index contributed by atoms with van der Waals surface area (Å²) in [6, 6.07) is 61.8. The number of pyridine rings is 2. The highest BCUT2D eigenvalue weighted by atomic mass is 32.2. The van der Waals surface area contributed by atoms with Crippen LogP contribution >= 0.6 is 23.5 Å². The molecule has 0 N–H and O–H groups in total.